The summed E-state index contributed by atoms with van der Waals surface area (Å²) >= 11 is 0. The van der Waals surface area contributed by atoms with E-state index in [9.17, 15) is 13.2 Å². The molecule has 0 saturated carbocycles. The van der Waals surface area contributed by atoms with Crippen LogP contribution in [-0.4, -0.2) is 25.8 Å². The van der Waals surface area contributed by atoms with Crippen molar-refractivity contribution < 1.29 is 13.2 Å². The number of nitrogens with zero attached hydrogens (tertiary/aromatic N) is 1. The summed E-state index contributed by atoms with van der Waals surface area (Å²) in [6, 6.07) is 25.5. The molecule has 0 N–H and O–H groups in total. The number of hydrogen-bond donors (Lipinski definition) is 0. The number of sulfone groups is 1. The van der Waals surface area contributed by atoms with Crippen molar-refractivity contribution in [3.05, 3.63) is 102 Å². The first-order chi connectivity index (χ1) is 14.0. The van der Waals surface area contributed by atoms with Crippen molar-refractivity contribution in [1.82, 2.24) is 4.90 Å². The van der Waals surface area contributed by atoms with Gasteiger partial charge >= 0.3 is 0 Å². The van der Waals surface area contributed by atoms with Gasteiger partial charge in [-0.3, -0.25) is 4.79 Å². The Bertz CT molecular complexity index is 1100. The molecule has 1 atom stereocenters. The Kier molecular flexibility index (Phi) is 5.49. The summed E-state index contributed by atoms with van der Waals surface area (Å²) < 4.78 is 25.4. The van der Waals surface area contributed by atoms with E-state index in [1.54, 1.807) is 54.6 Å². The largest absolute Gasteiger partial charge is 0.332 e. The second-order valence-electron chi connectivity index (χ2n) is 7.34. The molecule has 0 spiro atoms. The lowest BCUT2D eigenvalue weighted by molar-refractivity contribution is 0.0735. The summed E-state index contributed by atoms with van der Waals surface area (Å²) in [5.74, 6) is -0.171. The second kappa shape index (κ2) is 8.21. The first-order valence-corrected chi connectivity index (χ1v) is 11.4. The van der Waals surface area contributed by atoms with Crippen LogP contribution in [0.3, 0.4) is 0 Å². The fraction of sp³-hybridized carbons (Fsp3) is 0.208. The van der Waals surface area contributed by atoms with Crippen LogP contribution in [0.2, 0.25) is 0 Å². The van der Waals surface area contributed by atoms with E-state index in [0.29, 0.717) is 22.6 Å². The third-order valence-electron chi connectivity index (χ3n) is 5.33. The van der Waals surface area contributed by atoms with E-state index < -0.39 is 9.84 Å². The fourth-order valence-corrected chi connectivity index (χ4v) is 5.28. The molecule has 3 aromatic rings. The van der Waals surface area contributed by atoms with E-state index in [1.807, 2.05) is 23.1 Å². The summed E-state index contributed by atoms with van der Waals surface area (Å²) in [4.78, 5) is 15.4. The Balaban J connectivity index is 1.56. The molecule has 1 fully saturated rings. The minimum Gasteiger partial charge on any atom is -0.332 e. The maximum Gasteiger partial charge on any atom is 0.254 e. The average molecular weight is 406 g/mol. The molecule has 0 aliphatic carbocycles. The quantitative estimate of drug-likeness (QED) is 0.621. The van der Waals surface area contributed by atoms with E-state index in [0.717, 1.165) is 18.4 Å². The monoisotopic (exact) mass is 405 g/mol. The van der Waals surface area contributed by atoms with Gasteiger partial charge in [0.2, 0.25) is 0 Å². The topological polar surface area (TPSA) is 54.5 Å². The zero-order chi connectivity index (χ0) is 20.3. The lowest BCUT2D eigenvalue weighted by Crippen LogP contribution is -2.30. The molecule has 0 aromatic heterocycles. The number of carbonyl (C=O) groups is 1. The molecule has 0 bridgehead atoms. The number of amides is 1. The van der Waals surface area contributed by atoms with Gasteiger partial charge in [-0.2, -0.15) is 0 Å². The summed E-state index contributed by atoms with van der Waals surface area (Å²) in [7, 11) is -3.45. The number of rotatable bonds is 5. The molecule has 1 saturated heterocycles. The van der Waals surface area contributed by atoms with Gasteiger partial charge in [0.05, 0.1) is 16.7 Å². The van der Waals surface area contributed by atoms with Crippen LogP contribution in [0.1, 0.15) is 40.4 Å². The molecule has 148 valence electrons. The number of likely N-dealkylation sites (tertiary alicyclic amines) is 1. The first-order valence-electron chi connectivity index (χ1n) is 9.77. The maximum absolute atomic E-state index is 13.2. The van der Waals surface area contributed by atoms with Crippen molar-refractivity contribution in [2.45, 2.75) is 29.5 Å². The Hall–Kier alpha value is -2.92. The zero-order valence-electron chi connectivity index (χ0n) is 16.1. The minimum atomic E-state index is -3.45. The third kappa shape index (κ3) is 4.25. The minimum absolute atomic E-state index is 0.0460. The standard InChI is InChI=1S/C24H23NO3S/c26-24(25-16-8-15-23(25)20-10-3-1-4-11-20)21-12-7-9-19(17-21)18-29(27,28)22-13-5-2-6-14-22/h1-7,9-14,17,23H,8,15-16,18H2/t23-/m0/s1. The first kappa shape index (κ1) is 19.4. The van der Waals surface area contributed by atoms with Gasteiger partial charge < -0.3 is 4.90 Å². The molecule has 5 heteroatoms. The number of benzene rings is 3. The Morgan fingerprint density at radius 2 is 1.59 bits per heavy atom. The van der Waals surface area contributed by atoms with Gasteiger partial charge in [0, 0.05) is 12.1 Å². The molecule has 1 aliphatic heterocycles. The van der Waals surface area contributed by atoms with Gasteiger partial charge in [0.25, 0.3) is 5.91 Å². The predicted octanol–water partition coefficient (Wildman–Crippen LogP) is 4.64. The third-order valence-corrected chi connectivity index (χ3v) is 7.03. The van der Waals surface area contributed by atoms with Crippen LogP contribution in [0.4, 0.5) is 0 Å². The van der Waals surface area contributed by atoms with Gasteiger partial charge in [-0.1, -0.05) is 60.7 Å². The highest BCUT2D eigenvalue weighted by atomic mass is 32.2. The average Bonchev–Trinajstić information content (AvgIpc) is 3.24. The molecule has 1 amide bonds. The molecule has 0 radical (unpaired) electrons. The SMILES string of the molecule is O=C(c1cccc(CS(=O)(=O)c2ccccc2)c1)N1CCC[C@H]1c1ccccc1. The molecule has 29 heavy (non-hydrogen) atoms. The number of hydrogen-bond acceptors (Lipinski definition) is 3. The lowest BCUT2D eigenvalue weighted by atomic mass is 10.0. The second-order valence-corrected chi connectivity index (χ2v) is 9.33. The molecule has 4 nitrogen and oxygen atoms in total. The van der Waals surface area contributed by atoms with Crippen LogP contribution in [-0.2, 0) is 15.6 Å². The van der Waals surface area contributed by atoms with Crippen molar-refractivity contribution >= 4 is 15.7 Å². The lowest BCUT2D eigenvalue weighted by Gasteiger charge is -2.25. The van der Waals surface area contributed by atoms with E-state index in [-0.39, 0.29) is 17.7 Å². The fourth-order valence-electron chi connectivity index (χ4n) is 3.92. The van der Waals surface area contributed by atoms with Crippen LogP contribution in [0.15, 0.2) is 89.8 Å². The highest BCUT2D eigenvalue weighted by Crippen LogP contribution is 2.33. The van der Waals surface area contributed by atoms with Crippen molar-refractivity contribution in [2.75, 3.05) is 6.54 Å². The summed E-state index contributed by atoms with van der Waals surface area (Å²) in [6.45, 7) is 0.713. The molecule has 1 heterocycles. The van der Waals surface area contributed by atoms with Crippen LogP contribution in [0, 0.1) is 0 Å². The normalized spacial score (nSPS) is 16.7. The van der Waals surface area contributed by atoms with Crippen LogP contribution in [0.5, 0.6) is 0 Å². The number of carbonyl (C=O) groups excluding carboxylic acids is 1. The van der Waals surface area contributed by atoms with Gasteiger partial charge in [-0.25, -0.2) is 8.42 Å². The molecule has 0 unspecified atom stereocenters. The van der Waals surface area contributed by atoms with Crippen LogP contribution in [0.25, 0.3) is 0 Å². The van der Waals surface area contributed by atoms with E-state index in [4.69, 9.17) is 0 Å². The highest BCUT2D eigenvalue weighted by molar-refractivity contribution is 7.90. The summed E-state index contributed by atoms with van der Waals surface area (Å²) in [5.41, 5.74) is 2.30. The smallest absolute Gasteiger partial charge is 0.254 e. The van der Waals surface area contributed by atoms with E-state index >= 15 is 0 Å². The molecular weight excluding hydrogens is 382 g/mol. The van der Waals surface area contributed by atoms with Crippen LogP contribution < -0.4 is 0 Å². The zero-order valence-corrected chi connectivity index (χ0v) is 16.9. The molecule has 3 aromatic carbocycles. The summed E-state index contributed by atoms with van der Waals surface area (Å²) in [6.07, 6.45) is 1.91. The van der Waals surface area contributed by atoms with Gasteiger partial charge in [-0.15, -0.1) is 0 Å². The molecular formula is C24H23NO3S. The van der Waals surface area contributed by atoms with Crippen molar-refractivity contribution in [3.8, 4) is 0 Å². The highest BCUT2D eigenvalue weighted by Gasteiger charge is 2.30. The summed E-state index contributed by atoms with van der Waals surface area (Å²) in [5, 5.41) is 0. The maximum atomic E-state index is 13.2. The van der Waals surface area contributed by atoms with Gasteiger partial charge in [-0.05, 0) is 48.2 Å². The van der Waals surface area contributed by atoms with Crippen molar-refractivity contribution in [3.63, 3.8) is 0 Å². The van der Waals surface area contributed by atoms with Crippen molar-refractivity contribution in [1.29, 1.82) is 0 Å². The van der Waals surface area contributed by atoms with E-state index in [1.165, 1.54) is 0 Å². The molecule has 1 aliphatic rings. The van der Waals surface area contributed by atoms with Gasteiger partial charge in [0.1, 0.15) is 0 Å². The predicted molar refractivity (Wildman–Crippen MR) is 113 cm³/mol. The van der Waals surface area contributed by atoms with Crippen molar-refractivity contribution in [2.24, 2.45) is 0 Å². The molecule has 4 rings (SSSR count). The van der Waals surface area contributed by atoms with E-state index in [2.05, 4.69) is 12.1 Å². The Morgan fingerprint density at radius 3 is 2.31 bits per heavy atom. The Labute approximate surface area is 171 Å². The van der Waals surface area contributed by atoms with Gasteiger partial charge in [0.15, 0.2) is 9.84 Å². The van der Waals surface area contributed by atoms with Crippen LogP contribution >= 0.6 is 0 Å². The Morgan fingerprint density at radius 1 is 0.897 bits per heavy atom.